The van der Waals surface area contributed by atoms with Gasteiger partial charge < -0.3 is 15.6 Å². The Morgan fingerprint density at radius 3 is 3.07 bits per heavy atom. The van der Waals surface area contributed by atoms with E-state index in [1.165, 1.54) is 0 Å². The lowest BCUT2D eigenvalue weighted by Gasteiger charge is -2.32. The number of hydrogen-bond acceptors (Lipinski definition) is 4. The quantitative estimate of drug-likeness (QED) is 0.750. The maximum atomic E-state index is 9.83. The largest absolute Gasteiger partial charge is 0.486 e. The highest BCUT2D eigenvalue weighted by Gasteiger charge is 2.30. The molecular weight excluding hydrogens is 192 g/mol. The first-order valence-corrected chi connectivity index (χ1v) is 5.27. The molecule has 82 valence electrons. The molecule has 0 radical (unpaired) electrons. The zero-order valence-electron chi connectivity index (χ0n) is 8.54. The van der Waals surface area contributed by atoms with Gasteiger partial charge in [0.2, 0.25) is 0 Å². The van der Waals surface area contributed by atoms with Crippen molar-refractivity contribution < 1.29 is 9.84 Å². The molecule has 1 aliphatic rings. The summed E-state index contributed by atoms with van der Waals surface area (Å²) in [5, 5.41) is 9.83. The van der Waals surface area contributed by atoms with Gasteiger partial charge in [-0.1, -0.05) is 0 Å². The third kappa shape index (κ3) is 2.46. The van der Waals surface area contributed by atoms with E-state index in [0.29, 0.717) is 5.75 Å². The van der Waals surface area contributed by atoms with Crippen molar-refractivity contribution in [2.24, 2.45) is 5.73 Å². The van der Waals surface area contributed by atoms with E-state index in [0.717, 1.165) is 19.3 Å². The summed E-state index contributed by atoms with van der Waals surface area (Å²) in [5.41, 5.74) is 5.78. The van der Waals surface area contributed by atoms with Gasteiger partial charge in [0.05, 0.1) is 6.20 Å². The van der Waals surface area contributed by atoms with E-state index in [1.54, 1.807) is 12.4 Å². The van der Waals surface area contributed by atoms with Gasteiger partial charge in [0.15, 0.2) is 0 Å². The van der Waals surface area contributed by atoms with Gasteiger partial charge in [0.25, 0.3) is 0 Å². The molecule has 3 atom stereocenters. The van der Waals surface area contributed by atoms with Crippen LogP contribution in [0.15, 0.2) is 24.5 Å². The lowest BCUT2D eigenvalue weighted by atomic mass is 9.90. The molecule has 0 unspecified atom stereocenters. The number of pyridine rings is 1. The molecule has 4 heteroatoms. The molecule has 0 amide bonds. The molecule has 3 N–H and O–H groups in total. The van der Waals surface area contributed by atoms with Crippen molar-refractivity contribution in [1.29, 1.82) is 0 Å². The lowest BCUT2D eigenvalue weighted by molar-refractivity contribution is -0.00602. The Hall–Kier alpha value is -1.13. The Bertz CT molecular complexity index is 305. The smallest absolute Gasteiger partial charge is 0.138 e. The Balaban J connectivity index is 1.99. The fourth-order valence-electron chi connectivity index (χ4n) is 1.89. The van der Waals surface area contributed by atoms with E-state index in [9.17, 15) is 5.11 Å². The molecule has 2 rings (SSSR count). The van der Waals surface area contributed by atoms with Crippen LogP contribution in [0.4, 0.5) is 0 Å². The molecule has 0 aliphatic heterocycles. The van der Waals surface area contributed by atoms with Gasteiger partial charge in [-0.3, -0.25) is 4.98 Å². The highest BCUT2D eigenvalue weighted by molar-refractivity contribution is 5.16. The summed E-state index contributed by atoms with van der Waals surface area (Å²) in [4.78, 5) is 3.96. The SMILES string of the molecule is N[C@@H]1CCC[C@@H](Oc2cccnc2)[C@@H]1O. The van der Waals surface area contributed by atoms with E-state index >= 15 is 0 Å². The van der Waals surface area contributed by atoms with Crippen molar-refractivity contribution in [3.8, 4) is 5.75 Å². The Labute approximate surface area is 89.1 Å². The van der Waals surface area contributed by atoms with Gasteiger partial charge in [-0.2, -0.15) is 0 Å². The van der Waals surface area contributed by atoms with Gasteiger partial charge in [-0.15, -0.1) is 0 Å². The number of ether oxygens (including phenoxy) is 1. The number of nitrogens with zero attached hydrogens (tertiary/aromatic N) is 1. The van der Waals surface area contributed by atoms with Crippen molar-refractivity contribution in [2.75, 3.05) is 0 Å². The topological polar surface area (TPSA) is 68.4 Å². The van der Waals surface area contributed by atoms with Gasteiger partial charge in [-0.25, -0.2) is 0 Å². The van der Waals surface area contributed by atoms with Gasteiger partial charge in [-0.05, 0) is 31.4 Å². The predicted molar refractivity (Wildman–Crippen MR) is 56.5 cm³/mol. The van der Waals surface area contributed by atoms with Gasteiger partial charge >= 0.3 is 0 Å². The second kappa shape index (κ2) is 4.59. The van der Waals surface area contributed by atoms with Crippen LogP contribution in [0.25, 0.3) is 0 Å². The number of aliphatic hydroxyl groups is 1. The van der Waals surface area contributed by atoms with E-state index in [-0.39, 0.29) is 12.1 Å². The number of aliphatic hydroxyl groups excluding tert-OH is 1. The van der Waals surface area contributed by atoms with Crippen LogP contribution in [0.5, 0.6) is 5.75 Å². The molecule has 0 spiro atoms. The molecule has 0 aromatic carbocycles. The molecule has 1 aliphatic carbocycles. The lowest BCUT2D eigenvalue weighted by Crippen LogP contribution is -2.48. The standard InChI is InChI=1S/C11H16N2O2/c12-9-4-1-5-10(11(9)14)15-8-3-2-6-13-7-8/h2-3,6-7,9-11,14H,1,4-5,12H2/t9-,10-,11-/m1/s1. The van der Waals surface area contributed by atoms with Crippen molar-refractivity contribution in [2.45, 2.75) is 37.5 Å². The predicted octanol–water partition coefficient (Wildman–Crippen LogP) is 0.701. The van der Waals surface area contributed by atoms with Crippen LogP contribution in [-0.4, -0.2) is 28.3 Å². The highest BCUT2D eigenvalue weighted by Crippen LogP contribution is 2.22. The molecular formula is C11H16N2O2. The third-order valence-corrected chi connectivity index (χ3v) is 2.77. The van der Waals surface area contributed by atoms with Crippen LogP contribution >= 0.6 is 0 Å². The summed E-state index contributed by atoms with van der Waals surface area (Å²) < 4.78 is 5.65. The summed E-state index contributed by atoms with van der Waals surface area (Å²) in [7, 11) is 0. The summed E-state index contributed by atoms with van der Waals surface area (Å²) in [6.07, 6.45) is 5.29. The minimum absolute atomic E-state index is 0.166. The Morgan fingerprint density at radius 1 is 1.47 bits per heavy atom. The monoisotopic (exact) mass is 208 g/mol. The first-order chi connectivity index (χ1) is 7.27. The van der Waals surface area contributed by atoms with Crippen LogP contribution in [0, 0.1) is 0 Å². The van der Waals surface area contributed by atoms with E-state index in [4.69, 9.17) is 10.5 Å². The van der Waals surface area contributed by atoms with Crippen LogP contribution in [-0.2, 0) is 0 Å². The minimum atomic E-state index is -0.570. The maximum Gasteiger partial charge on any atom is 0.138 e. The second-order valence-corrected chi connectivity index (χ2v) is 3.93. The fourth-order valence-corrected chi connectivity index (χ4v) is 1.89. The fraction of sp³-hybridized carbons (Fsp3) is 0.545. The van der Waals surface area contributed by atoms with Crippen molar-refractivity contribution in [3.63, 3.8) is 0 Å². The first-order valence-electron chi connectivity index (χ1n) is 5.27. The molecule has 15 heavy (non-hydrogen) atoms. The number of aromatic nitrogens is 1. The normalized spacial score (nSPS) is 31.2. The van der Waals surface area contributed by atoms with E-state index in [1.807, 2.05) is 12.1 Å². The number of rotatable bonds is 2. The minimum Gasteiger partial charge on any atom is -0.486 e. The first kappa shape index (κ1) is 10.4. The zero-order chi connectivity index (χ0) is 10.7. The number of hydrogen-bond donors (Lipinski definition) is 2. The maximum absolute atomic E-state index is 9.83. The van der Waals surface area contributed by atoms with Crippen molar-refractivity contribution in [1.82, 2.24) is 4.98 Å². The molecule has 0 saturated heterocycles. The van der Waals surface area contributed by atoms with Crippen LogP contribution in [0.1, 0.15) is 19.3 Å². The molecule has 4 nitrogen and oxygen atoms in total. The molecule has 0 bridgehead atoms. The molecule has 1 aromatic heterocycles. The average Bonchev–Trinajstić information content (AvgIpc) is 2.26. The van der Waals surface area contributed by atoms with Gasteiger partial charge in [0, 0.05) is 12.2 Å². The van der Waals surface area contributed by atoms with Crippen molar-refractivity contribution in [3.05, 3.63) is 24.5 Å². The summed E-state index contributed by atoms with van der Waals surface area (Å²) in [5.74, 6) is 0.690. The second-order valence-electron chi connectivity index (χ2n) is 3.93. The Kier molecular flexibility index (Phi) is 3.18. The van der Waals surface area contributed by atoms with Crippen molar-refractivity contribution >= 4 is 0 Å². The zero-order valence-corrected chi connectivity index (χ0v) is 8.54. The molecule has 1 heterocycles. The van der Waals surface area contributed by atoms with E-state index < -0.39 is 6.10 Å². The Morgan fingerprint density at radius 2 is 2.33 bits per heavy atom. The average molecular weight is 208 g/mol. The molecule has 1 fully saturated rings. The van der Waals surface area contributed by atoms with Crippen LogP contribution < -0.4 is 10.5 Å². The summed E-state index contributed by atoms with van der Waals surface area (Å²) in [6.45, 7) is 0. The highest BCUT2D eigenvalue weighted by atomic mass is 16.5. The number of nitrogens with two attached hydrogens (primary N) is 1. The van der Waals surface area contributed by atoms with E-state index in [2.05, 4.69) is 4.98 Å². The van der Waals surface area contributed by atoms with Crippen LogP contribution in [0.3, 0.4) is 0 Å². The third-order valence-electron chi connectivity index (χ3n) is 2.77. The molecule has 1 aromatic rings. The molecule has 1 saturated carbocycles. The van der Waals surface area contributed by atoms with Gasteiger partial charge in [0.1, 0.15) is 18.0 Å². The summed E-state index contributed by atoms with van der Waals surface area (Å²) in [6, 6.07) is 3.48. The van der Waals surface area contributed by atoms with Crippen LogP contribution in [0.2, 0.25) is 0 Å². The summed E-state index contributed by atoms with van der Waals surface area (Å²) >= 11 is 0.